The van der Waals surface area contributed by atoms with Gasteiger partial charge in [0.05, 0.1) is 30.6 Å². The van der Waals surface area contributed by atoms with Crippen LogP contribution in [0.3, 0.4) is 0 Å². The van der Waals surface area contributed by atoms with Crippen molar-refractivity contribution in [1.82, 2.24) is 4.98 Å². The lowest BCUT2D eigenvalue weighted by Gasteiger charge is -2.16. The number of fused-ring (bicyclic) bond motifs is 1. The molecule has 0 aliphatic heterocycles. The first-order valence-electron chi connectivity index (χ1n) is 11.1. The Morgan fingerprint density at radius 3 is 2.49 bits per heavy atom. The molecule has 35 heavy (non-hydrogen) atoms. The Morgan fingerprint density at radius 1 is 1.11 bits per heavy atom. The topological polar surface area (TPSA) is 74.7 Å². The van der Waals surface area contributed by atoms with E-state index < -0.39 is 35.1 Å². The summed E-state index contributed by atoms with van der Waals surface area (Å²) >= 11 is 0. The summed E-state index contributed by atoms with van der Waals surface area (Å²) < 4.78 is 55.6. The number of benzene rings is 2. The van der Waals surface area contributed by atoms with Gasteiger partial charge in [-0.15, -0.1) is 0 Å². The number of methoxy groups -OCH3 is 1. The van der Waals surface area contributed by atoms with E-state index in [1.807, 2.05) is 0 Å². The van der Waals surface area contributed by atoms with E-state index in [4.69, 9.17) is 14.2 Å². The van der Waals surface area contributed by atoms with Crippen LogP contribution >= 0.6 is 0 Å². The van der Waals surface area contributed by atoms with Gasteiger partial charge in [-0.25, -0.2) is 4.98 Å². The molecule has 2 unspecified atom stereocenters. The normalized spacial score (nSPS) is 19.3. The van der Waals surface area contributed by atoms with Crippen LogP contribution in [-0.2, 0) is 38.3 Å². The van der Waals surface area contributed by atoms with Crippen molar-refractivity contribution in [3.05, 3.63) is 71.4 Å². The van der Waals surface area contributed by atoms with Crippen LogP contribution in [0.2, 0.25) is 0 Å². The standard InChI is InChI=1S/C26H24F3NO5/c1-3-34-24(32)25(14-20(25)23(31)33-2)13-16-8-10-18(11-9-16)35-15-17-12-22(26(27,28)29)30-21-7-5-4-6-19(17)21/h4-12,20H,3,13-15H2,1-2H3. The summed E-state index contributed by atoms with van der Waals surface area (Å²) in [5, 5.41) is 0.580. The summed E-state index contributed by atoms with van der Waals surface area (Å²) in [5.74, 6) is -0.972. The van der Waals surface area contributed by atoms with Gasteiger partial charge in [0.25, 0.3) is 0 Å². The van der Waals surface area contributed by atoms with Crippen LogP contribution in [0.5, 0.6) is 5.75 Å². The first-order chi connectivity index (χ1) is 16.7. The lowest BCUT2D eigenvalue weighted by Crippen LogP contribution is -2.26. The van der Waals surface area contributed by atoms with E-state index in [-0.39, 0.29) is 18.7 Å². The molecule has 2 aromatic carbocycles. The fourth-order valence-corrected chi connectivity index (χ4v) is 4.27. The highest BCUT2D eigenvalue weighted by molar-refractivity contribution is 5.91. The van der Waals surface area contributed by atoms with Crippen molar-refractivity contribution in [2.75, 3.05) is 13.7 Å². The Morgan fingerprint density at radius 2 is 1.83 bits per heavy atom. The number of hydrogen-bond donors (Lipinski definition) is 0. The third-order valence-corrected chi connectivity index (χ3v) is 6.17. The molecule has 0 N–H and O–H groups in total. The van der Waals surface area contributed by atoms with Crippen molar-refractivity contribution in [3.8, 4) is 5.75 Å². The fourth-order valence-electron chi connectivity index (χ4n) is 4.27. The summed E-state index contributed by atoms with van der Waals surface area (Å²) in [4.78, 5) is 28.3. The molecule has 3 aromatic rings. The number of nitrogens with zero attached hydrogens (tertiary/aromatic N) is 1. The second-order valence-corrected chi connectivity index (χ2v) is 8.45. The first-order valence-corrected chi connectivity index (χ1v) is 11.1. The number of pyridine rings is 1. The van der Waals surface area contributed by atoms with Crippen molar-refractivity contribution in [3.63, 3.8) is 0 Å². The molecule has 0 radical (unpaired) electrons. The van der Waals surface area contributed by atoms with E-state index in [2.05, 4.69) is 4.98 Å². The quantitative estimate of drug-likeness (QED) is 0.411. The number of rotatable bonds is 8. The van der Waals surface area contributed by atoms with Crippen molar-refractivity contribution in [2.45, 2.75) is 32.5 Å². The molecule has 1 aromatic heterocycles. The summed E-state index contributed by atoms with van der Waals surface area (Å²) in [6.45, 7) is 1.83. The molecule has 0 bridgehead atoms. The van der Waals surface area contributed by atoms with E-state index in [9.17, 15) is 22.8 Å². The first kappa shape index (κ1) is 24.5. The third-order valence-electron chi connectivity index (χ3n) is 6.17. The van der Waals surface area contributed by atoms with Crippen LogP contribution in [0.25, 0.3) is 10.9 Å². The Balaban J connectivity index is 1.49. The van der Waals surface area contributed by atoms with E-state index in [0.29, 0.717) is 29.5 Å². The summed E-state index contributed by atoms with van der Waals surface area (Å²) in [5.41, 5.74) is -0.517. The lowest BCUT2D eigenvalue weighted by atomic mass is 9.93. The van der Waals surface area contributed by atoms with Gasteiger partial charge >= 0.3 is 18.1 Å². The highest BCUT2D eigenvalue weighted by atomic mass is 19.4. The molecule has 1 heterocycles. The van der Waals surface area contributed by atoms with Gasteiger partial charge < -0.3 is 14.2 Å². The predicted octanol–water partition coefficient (Wildman–Crippen LogP) is 5.12. The molecular formula is C26H24F3NO5. The molecular weight excluding hydrogens is 463 g/mol. The van der Waals surface area contributed by atoms with Crippen molar-refractivity contribution in [2.24, 2.45) is 11.3 Å². The molecule has 1 saturated carbocycles. The van der Waals surface area contributed by atoms with Gasteiger partial charge in [0.1, 0.15) is 18.1 Å². The van der Waals surface area contributed by atoms with Crippen molar-refractivity contribution < 1.29 is 37.0 Å². The maximum atomic E-state index is 13.3. The Kier molecular flexibility index (Phi) is 6.69. The minimum atomic E-state index is -4.57. The Labute approximate surface area is 200 Å². The smallest absolute Gasteiger partial charge is 0.433 e. The summed E-state index contributed by atoms with van der Waals surface area (Å²) in [6.07, 6.45) is -3.91. The zero-order valence-corrected chi connectivity index (χ0v) is 19.2. The highest BCUT2D eigenvalue weighted by Gasteiger charge is 2.65. The molecule has 4 rings (SSSR count). The zero-order chi connectivity index (χ0) is 25.2. The average molecular weight is 487 g/mol. The third kappa shape index (κ3) is 5.08. The molecule has 2 atom stereocenters. The predicted molar refractivity (Wildman–Crippen MR) is 120 cm³/mol. The number of esters is 2. The fraction of sp³-hybridized carbons (Fsp3) is 0.346. The monoisotopic (exact) mass is 487 g/mol. The number of alkyl halides is 3. The molecule has 0 saturated heterocycles. The van der Waals surface area contributed by atoms with E-state index in [1.54, 1.807) is 49.4 Å². The number of halogens is 3. The second kappa shape index (κ2) is 9.56. The maximum Gasteiger partial charge on any atom is 0.433 e. The van der Waals surface area contributed by atoms with Gasteiger partial charge in [-0.05, 0) is 49.6 Å². The molecule has 9 heteroatoms. The van der Waals surface area contributed by atoms with E-state index >= 15 is 0 Å². The molecule has 1 aliphatic carbocycles. The Hall–Kier alpha value is -3.62. The van der Waals surface area contributed by atoms with E-state index in [1.165, 1.54) is 13.2 Å². The molecule has 0 spiro atoms. The number of carbonyl (C=O) groups excluding carboxylic acids is 2. The number of hydrogen-bond acceptors (Lipinski definition) is 6. The van der Waals surface area contributed by atoms with Crippen molar-refractivity contribution in [1.29, 1.82) is 0 Å². The molecule has 1 aliphatic rings. The summed E-state index contributed by atoms with van der Waals surface area (Å²) in [6, 6.07) is 14.5. The zero-order valence-electron chi connectivity index (χ0n) is 19.2. The van der Waals surface area contributed by atoms with Crippen LogP contribution in [0, 0.1) is 11.3 Å². The highest BCUT2D eigenvalue weighted by Crippen LogP contribution is 2.56. The SMILES string of the molecule is CCOC(=O)C1(Cc2ccc(OCc3cc(C(F)(F)F)nc4ccccc34)cc2)CC1C(=O)OC. The Bertz CT molecular complexity index is 1240. The molecule has 6 nitrogen and oxygen atoms in total. The van der Waals surface area contributed by atoms with E-state index in [0.717, 1.165) is 11.6 Å². The van der Waals surface area contributed by atoms with Gasteiger partial charge in [-0.2, -0.15) is 13.2 Å². The van der Waals surface area contributed by atoms with Gasteiger partial charge in [-0.3, -0.25) is 9.59 Å². The van der Waals surface area contributed by atoms with Crippen LogP contribution in [0.4, 0.5) is 13.2 Å². The van der Waals surface area contributed by atoms with Gasteiger partial charge in [-0.1, -0.05) is 30.3 Å². The summed E-state index contributed by atoms with van der Waals surface area (Å²) in [7, 11) is 1.28. The second-order valence-electron chi connectivity index (χ2n) is 8.45. The van der Waals surface area contributed by atoms with Crippen LogP contribution < -0.4 is 4.74 Å². The largest absolute Gasteiger partial charge is 0.489 e. The van der Waals surface area contributed by atoms with Crippen LogP contribution in [0.1, 0.15) is 30.2 Å². The number of aromatic nitrogens is 1. The number of ether oxygens (including phenoxy) is 3. The minimum Gasteiger partial charge on any atom is -0.489 e. The maximum absolute atomic E-state index is 13.3. The number of carbonyl (C=O) groups is 2. The van der Waals surface area contributed by atoms with Gasteiger partial charge in [0, 0.05) is 10.9 Å². The van der Waals surface area contributed by atoms with Gasteiger partial charge in [0.2, 0.25) is 0 Å². The molecule has 1 fully saturated rings. The van der Waals surface area contributed by atoms with Gasteiger partial charge in [0.15, 0.2) is 0 Å². The molecule has 0 amide bonds. The average Bonchev–Trinajstić information content (AvgIpc) is 3.57. The lowest BCUT2D eigenvalue weighted by molar-refractivity contribution is -0.154. The minimum absolute atomic E-state index is 0.0807. The molecule has 184 valence electrons. The van der Waals surface area contributed by atoms with Crippen molar-refractivity contribution >= 4 is 22.8 Å². The van der Waals surface area contributed by atoms with Crippen LogP contribution in [0.15, 0.2) is 54.6 Å². The number of para-hydroxylation sites is 1. The van der Waals surface area contributed by atoms with Crippen LogP contribution in [-0.4, -0.2) is 30.6 Å².